The van der Waals surface area contributed by atoms with Crippen LogP contribution in [0.1, 0.15) is 17.4 Å². The highest BCUT2D eigenvalue weighted by molar-refractivity contribution is 7.09. The number of nitrogens with one attached hydrogen (secondary N) is 1. The fourth-order valence-corrected chi connectivity index (χ4v) is 3.48. The Morgan fingerprint density at radius 3 is 2.65 bits per heavy atom. The van der Waals surface area contributed by atoms with Gasteiger partial charge in [0.05, 0.1) is 13.1 Å². The number of benzene rings is 1. The van der Waals surface area contributed by atoms with Crippen LogP contribution in [-0.4, -0.2) is 48.3 Å². The SMILES string of the molecule is CCN(CC(=O)Nc1cc(Cl)ccc1C)C(=O)CN(C)Cc1cccs1. The number of amides is 2. The Hall–Kier alpha value is -1.89. The molecule has 1 aromatic heterocycles. The minimum atomic E-state index is -0.230. The molecule has 0 aliphatic carbocycles. The molecule has 0 saturated carbocycles. The summed E-state index contributed by atoms with van der Waals surface area (Å²) in [6.45, 7) is 5.26. The Morgan fingerprint density at radius 1 is 1.23 bits per heavy atom. The maximum Gasteiger partial charge on any atom is 0.244 e. The van der Waals surface area contributed by atoms with Gasteiger partial charge in [-0.25, -0.2) is 0 Å². The largest absolute Gasteiger partial charge is 0.333 e. The molecule has 1 heterocycles. The Kier molecular flexibility index (Phi) is 7.63. The molecule has 0 atom stereocenters. The van der Waals surface area contributed by atoms with Gasteiger partial charge in [-0.05, 0) is 50.0 Å². The van der Waals surface area contributed by atoms with Gasteiger partial charge in [-0.1, -0.05) is 23.7 Å². The van der Waals surface area contributed by atoms with Gasteiger partial charge >= 0.3 is 0 Å². The normalized spacial score (nSPS) is 10.8. The summed E-state index contributed by atoms with van der Waals surface area (Å²) in [7, 11) is 1.90. The number of thiophene rings is 1. The van der Waals surface area contributed by atoms with Crippen molar-refractivity contribution < 1.29 is 9.59 Å². The van der Waals surface area contributed by atoms with Crippen molar-refractivity contribution in [1.82, 2.24) is 9.80 Å². The number of carbonyl (C=O) groups is 2. The van der Waals surface area contributed by atoms with E-state index >= 15 is 0 Å². The number of rotatable bonds is 8. The number of hydrogen-bond donors (Lipinski definition) is 1. The van der Waals surface area contributed by atoms with Crippen molar-refractivity contribution >= 4 is 40.4 Å². The molecule has 2 rings (SSSR count). The highest BCUT2D eigenvalue weighted by Crippen LogP contribution is 2.20. The number of nitrogens with zero attached hydrogens (tertiary/aromatic N) is 2. The van der Waals surface area contributed by atoms with E-state index in [1.165, 1.54) is 4.88 Å². The molecular formula is C19H24ClN3O2S. The third-order valence-electron chi connectivity index (χ3n) is 3.95. The Balaban J connectivity index is 1.89. The molecule has 7 heteroatoms. The van der Waals surface area contributed by atoms with Crippen molar-refractivity contribution in [2.24, 2.45) is 0 Å². The molecule has 0 aliphatic heterocycles. The van der Waals surface area contributed by atoms with E-state index in [-0.39, 0.29) is 24.9 Å². The van der Waals surface area contributed by atoms with Crippen molar-refractivity contribution in [2.75, 3.05) is 32.0 Å². The number of carbonyl (C=O) groups excluding carboxylic acids is 2. The van der Waals surface area contributed by atoms with Crippen molar-refractivity contribution in [1.29, 1.82) is 0 Å². The Morgan fingerprint density at radius 2 is 2.00 bits per heavy atom. The van der Waals surface area contributed by atoms with Crippen LogP contribution in [0.15, 0.2) is 35.7 Å². The van der Waals surface area contributed by atoms with Crippen molar-refractivity contribution in [3.05, 3.63) is 51.2 Å². The van der Waals surface area contributed by atoms with Crippen LogP contribution >= 0.6 is 22.9 Å². The smallest absolute Gasteiger partial charge is 0.244 e. The molecule has 1 aromatic carbocycles. The summed E-state index contributed by atoms with van der Waals surface area (Å²) in [4.78, 5) is 29.6. The van der Waals surface area contributed by atoms with Gasteiger partial charge in [-0.2, -0.15) is 0 Å². The minimum Gasteiger partial charge on any atom is -0.333 e. The van der Waals surface area contributed by atoms with E-state index in [0.717, 1.165) is 12.1 Å². The van der Waals surface area contributed by atoms with E-state index in [4.69, 9.17) is 11.6 Å². The maximum absolute atomic E-state index is 12.5. The molecule has 5 nitrogen and oxygen atoms in total. The number of likely N-dealkylation sites (N-methyl/N-ethyl adjacent to an activating group) is 2. The molecule has 0 unspecified atom stereocenters. The molecule has 0 radical (unpaired) electrons. The lowest BCUT2D eigenvalue weighted by atomic mass is 10.2. The van der Waals surface area contributed by atoms with E-state index in [1.54, 1.807) is 28.4 Å². The predicted molar refractivity (Wildman–Crippen MR) is 108 cm³/mol. The standard InChI is InChI=1S/C19H24ClN3O2S/c1-4-23(19(25)13-22(3)11-16-6-5-9-26-16)12-18(24)21-17-10-15(20)8-7-14(17)2/h5-10H,4,11-13H2,1-3H3,(H,21,24). The number of aryl methyl sites for hydroxylation is 1. The monoisotopic (exact) mass is 393 g/mol. The van der Waals surface area contributed by atoms with E-state index in [1.807, 2.05) is 49.4 Å². The second-order valence-electron chi connectivity index (χ2n) is 6.17. The highest BCUT2D eigenvalue weighted by Gasteiger charge is 2.18. The van der Waals surface area contributed by atoms with E-state index in [0.29, 0.717) is 17.3 Å². The summed E-state index contributed by atoms with van der Waals surface area (Å²) >= 11 is 7.64. The number of anilines is 1. The van der Waals surface area contributed by atoms with Gasteiger partial charge in [0.2, 0.25) is 11.8 Å². The fraction of sp³-hybridized carbons (Fsp3) is 0.368. The molecule has 0 spiro atoms. The predicted octanol–water partition coefficient (Wildman–Crippen LogP) is 3.63. The molecule has 0 bridgehead atoms. The zero-order valence-electron chi connectivity index (χ0n) is 15.3. The maximum atomic E-state index is 12.5. The Labute approximate surface area is 163 Å². The van der Waals surface area contributed by atoms with Gasteiger partial charge in [0.15, 0.2) is 0 Å². The second-order valence-corrected chi connectivity index (χ2v) is 7.64. The first-order chi connectivity index (χ1) is 12.4. The topological polar surface area (TPSA) is 52.7 Å². The molecule has 1 N–H and O–H groups in total. The van der Waals surface area contributed by atoms with E-state index in [9.17, 15) is 9.59 Å². The number of hydrogen-bond acceptors (Lipinski definition) is 4. The third kappa shape index (κ3) is 6.12. The van der Waals surface area contributed by atoms with Gasteiger partial charge < -0.3 is 10.2 Å². The van der Waals surface area contributed by atoms with Crippen LogP contribution in [0.2, 0.25) is 5.02 Å². The Bertz CT molecular complexity index is 749. The number of halogens is 1. The third-order valence-corrected chi connectivity index (χ3v) is 5.05. The first-order valence-corrected chi connectivity index (χ1v) is 9.69. The van der Waals surface area contributed by atoms with Crippen LogP contribution in [0, 0.1) is 6.92 Å². The summed E-state index contributed by atoms with van der Waals surface area (Å²) in [5, 5.41) is 5.41. The zero-order valence-corrected chi connectivity index (χ0v) is 16.9. The summed E-state index contributed by atoms with van der Waals surface area (Å²) in [5.41, 5.74) is 1.59. The molecule has 0 saturated heterocycles. The highest BCUT2D eigenvalue weighted by atomic mass is 35.5. The first-order valence-electron chi connectivity index (χ1n) is 8.43. The average molecular weight is 394 g/mol. The van der Waals surface area contributed by atoms with Crippen LogP contribution in [0.3, 0.4) is 0 Å². The fourth-order valence-electron chi connectivity index (χ4n) is 2.52. The molecule has 0 fully saturated rings. The summed E-state index contributed by atoms with van der Waals surface area (Å²) in [5.74, 6) is -0.295. The van der Waals surface area contributed by atoms with Crippen LogP contribution < -0.4 is 5.32 Å². The van der Waals surface area contributed by atoms with Crippen LogP contribution in [0.4, 0.5) is 5.69 Å². The minimum absolute atomic E-state index is 0.0220. The lowest BCUT2D eigenvalue weighted by Crippen LogP contribution is -2.42. The van der Waals surface area contributed by atoms with Gasteiger partial charge in [0.1, 0.15) is 0 Å². The van der Waals surface area contributed by atoms with Crippen molar-refractivity contribution in [3.8, 4) is 0 Å². The molecule has 0 aliphatic rings. The summed E-state index contributed by atoms with van der Waals surface area (Å²) in [6, 6.07) is 9.37. The van der Waals surface area contributed by atoms with Gasteiger partial charge in [-0.15, -0.1) is 11.3 Å². The van der Waals surface area contributed by atoms with E-state index in [2.05, 4.69) is 5.32 Å². The lowest BCUT2D eigenvalue weighted by molar-refractivity contribution is -0.135. The lowest BCUT2D eigenvalue weighted by Gasteiger charge is -2.24. The van der Waals surface area contributed by atoms with Gasteiger partial charge in [0.25, 0.3) is 0 Å². The molecule has 2 aromatic rings. The first kappa shape index (κ1) is 20.4. The van der Waals surface area contributed by atoms with Crippen molar-refractivity contribution in [2.45, 2.75) is 20.4 Å². The van der Waals surface area contributed by atoms with Gasteiger partial charge in [-0.3, -0.25) is 14.5 Å². The molecule has 2 amide bonds. The van der Waals surface area contributed by atoms with Crippen LogP contribution in [-0.2, 0) is 16.1 Å². The average Bonchev–Trinajstić information content (AvgIpc) is 3.08. The van der Waals surface area contributed by atoms with Crippen molar-refractivity contribution in [3.63, 3.8) is 0 Å². The molecular weight excluding hydrogens is 370 g/mol. The molecule has 26 heavy (non-hydrogen) atoms. The molecule has 140 valence electrons. The van der Waals surface area contributed by atoms with Gasteiger partial charge in [0, 0.05) is 28.7 Å². The summed E-state index contributed by atoms with van der Waals surface area (Å²) in [6.07, 6.45) is 0. The zero-order chi connectivity index (χ0) is 19.1. The second kappa shape index (κ2) is 9.71. The summed E-state index contributed by atoms with van der Waals surface area (Å²) < 4.78 is 0. The van der Waals surface area contributed by atoms with Crippen LogP contribution in [0.25, 0.3) is 0 Å². The van der Waals surface area contributed by atoms with E-state index < -0.39 is 0 Å². The van der Waals surface area contributed by atoms with Crippen LogP contribution in [0.5, 0.6) is 0 Å². The quantitative estimate of drug-likeness (QED) is 0.745.